The average Bonchev–Trinajstić information content (AvgIpc) is 2.38. The van der Waals surface area contributed by atoms with E-state index in [2.05, 4.69) is 12.2 Å². The summed E-state index contributed by atoms with van der Waals surface area (Å²) >= 11 is 0. The number of anilines is 1. The molecule has 2 rings (SSSR count). The van der Waals surface area contributed by atoms with Gasteiger partial charge in [0.2, 0.25) is 0 Å². The lowest BCUT2D eigenvalue weighted by molar-refractivity contribution is 0.0921. The van der Waals surface area contributed by atoms with E-state index < -0.39 is 0 Å². The summed E-state index contributed by atoms with van der Waals surface area (Å²) in [5, 5.41) is 3.09. The molecule has 1 aromatic rings. The van der Waals surface area contributed by atoms with Crippen LogP contribution in [0.2, 0.25) is 0 Å². The van der Waals surface area contributed by atoms with Gasteiger partial charge in [-0.1, -0.05) is 19.8 Å². The molecule has 104 valence electrons. The number of nitrogens with one attached hydrogen (secondary N) is 1. The maximum atomic E-state index is 12.2. The minimum absolute atomic E-state index is 0.0477. The molecule has 1 saturated carbocycles. The minimum atomic E-state index is -0.0477. The molecule has 1 aliphatic rings. The third-order valence-corrected chi connectivity index (χ3v) is 3.76. The van der Waals surface area contributed by atoms with Gasteiger partial charge in [0.25, 0.3) is 5.91 Å². The fraction of sp³-hybridized carbons (Fsp3) is 0.533. The molecule has 0 spiro atoms. The van der Waals surface area contributed by atoms with Crippen LogP contribution in [0, 0.1) is 5.92 Å². The molecule has 1 fully saturated rings. The second-order valence-electron chi connectivity index (χ2n) is 5.40. The molecular formula is C15H22N2O2. The molecule has 4 nitrogen and oxygen atoms in total. The van der Waals surface area contributed by atoms with Crippen molar-refractivity contribution in [3.63, 3.8) is 0 Å². The Morgan fingerprint density at radius 1 is 1.42 bits per heavy atom. The highest BCUT2D eigenvalue weighted by Gasteiger charge is 2.21. The molecule has 19 heavy (non-hydrogen) atoms. The number of methoxy groups -OCH3 is 1. The van der Waals surface area contributed by atoms with E-state index in [4.69, 9.17) is 10.5 Å². The van der Waals surface area contributed by atoms with Gasteiger partial charge in [0.05, 0.1) is 12.8 Å². The molecule has 0 saturated heterocycles. The van der Waals surface area contributed by atoms with Gasteiger partial charge in [-0.3, -0.25) is 4.79 Å². The molecule has 0 unspecified atom stereocenters. The number of rotatable bonds is 3. The van der Waals surface area contributed by atoms with Crippen molar-refractivity contribution >= 4 is 11.6 Å². The van der Waals surface area contributed by atoms with Crippen molar-refractivity contribution < 1.29 is 9.53 Å². The number of benzene rings is 1. The second-order valence-corrected chi connectivity index (χ2v) is 5.40. The van der Waals surface area contributed by atoms with Crippen LogP contribution < -0.4 is 15.8 Å². The van der Waals surface area contributed by atoms with Crippen LogP contribution in [0.25, 0.3) is 0 Å². The Morgan fingerprint density at radius 3 is 2.84 bits per heavy atom. The van der Waals surface area contributed by atoms with Crippen LogP contribution in [-0.2, 0) is 0 Å². The molecule has 0 bridgehead atoms. The lowest BCUT2D eigenvalue weighted by Crippen LogP contribution is -2.37. The van der Waals surface area contributed by atoms with Crippen molar-refractivity contribution in [2.45, 2.75) is 38.6 Å². The number of carbonyl (C=O) groups is 1. The number of carbonyl (C=O) groups excluding carboxylic acids is 1. The van der Waals surface area contributed by atoms with Crippen molar-refractivity contribution in [1.29, 1.82) is 0 Å². The number of hydrogen-bond donors (Lipinski definition) is 2. The van der Waals surface area contributed by atoms with Crippen LogP contribution >= 0.6 is 0 Å². The Hall–Kier alpha value is -1.71. The summed E-state index contributed by atoms with van der Waals surface area (Å²) in [6, 6.07) is 5.44. The summed E-state index contributed by atoms with van der Waals surface area (Å²) in [7, 11) is 1.56. The van der Waals surface area contributed by atoms with Gasteiger partial charge in [0.15, 0.2) is 0 Å². The smallest absolute Gasteiger partial charge is 0.251 e. The van der Waals surface area contributed by atoms with E-state index >= 15 is 0 Å². The zero-order chi connectivity index (χ0) is 13.8. The highest BCUT2D eigenvalue weighted by Crippen LogP contribution is 2.25. The number of ether oxygens (including phenoxy) is 1. The van der Waals surface area contributed by atoms with Crippen LogP contribution in [0.1, 0.15) is 43.0 Å². The first-order chi connectivity index (χ1) is 9.10. The second kappa shape index (κ2) is 5.95. The van der Waals surface area contributed by atoms with Crippen molar-refractivity contribution in [2.24, 2.45) is 5.92 Å². The highest BCUT2D eigenvalue weighted by atomic mass is 16.5. The van der Waals surface area contributed by atoms with Gasteiger partial charge in [-0.05, 0) is 37.0 Å². The minimum Gasteiger partial charge on any atom is -0.495 e. The maximum absolute atomic E-state index is 12.2. The Bertz CT molecular complexity index is 459. The molecular weight excluding hydrogens is 240 g/mol. The molecule has 0 radical (unpaired) electrons. The number of hydrogen-bond acceptors (Lipinski definition) is 3. The summed E-state index contributed by atoms with van der Waals surface area (Å²) in [6.45, 7) is 2.24. The summed E-state index contributed by atoms with van der Waals surface area (Å²) in [6.07, 6.45) is 4.60. The monoisotopic (exact) mass is 262 g/mol. The summed E-state index contributed by atoms with van der Waals surface area (Å²) in [5.41, 5.74) is 6.91. The van der Waals surface area contributed by atoms with E-state index in [1.807, 2.05) is 0 Å². The molecule has 0 aliphatic heterocycles. The predicted molar refractivity (Wildman–Crippen MR) is 76.3 cm³/mol. The van der Waals surface area contributed by atoms with Gasteiger partial charge < -0.3 is 15.8 Å². The van der Waals surface area contributed by atoms with Crippen molar-refractivity contribution in [3.8, 4) is 5.75 Å². The normalized spacial score (nSPS) is 22.8. The fourth-order valence-electron chi connectivity index (χ4n) is 2.71. The van der Waals surface area contributed by atoms with E-state index in [0.29, 0.717) is 29.0 Å². The average molecular weight is 262 g/mol. The first kappa shape index (κ1) is 13.7. The molecule has 1 aromatic carbocycles. The lowest BCUT2D eigenvalue weighted by atomic mass is 9.87. The van der Waals surface area contributed by atoms with Gasteiger partial charge in [-0.15, -0.1) is 0 Å². The van der Waals surface area contributed by atoms with Gasteiger partial charge in [-0.2, -0.15) is 0 Å². The largest absolute Gasteiger partial charge is 0.495 e. The van der Waals surface area contributed by atoms with Crippen LogP contribution in [0.4, 0.5) is 5.69 Å². The summed E-state index contributed by atoms with van der Waals surface area (Å²) < 4.78 is 5.09. The molecule has 0 heterocycles. The van der Waals surface area contributed by atoms with E-state index in [1.165, 1.54) is 12.8 Å². The number of nitrogens with two attached hydrogens (primary N) is 1. The first-order valence-electron chi connectivity index (χ1n) is 6.84. The van der Waals surface area contributed by atoms with Crippen LogP contribution in [0.15, 0.2) is 18.2 Å². The molecule has 0 aromatic heterocycles. The molecule has 3 N–H and O–H groups in total. The summed E-state index contributed by atoms with van der Waals surface area (Å²) in [4.78, 5) is 12.2. The van der Waals surface area contributed by atoms with Crippen LogP contribution in [0.3, 0.4) is 0 Å². The number of amides is 1. The Morgan fingerprint density at radius 2 is 2.21 bits per heavy atom. The predicted octanol–water partition coefficient (Wildman–Crippen LogP) is 2.59. The van der Waals surface area contributed by atoms with E-state index in [0.717, 1.165) is 12.8 Å². The van der Waals surface area contributed by atoms with E-state index in [9.17, 15) is 4.79 Å². The van der Waals surface area contributed by atoms with E-state index in [-0.39, 0.29) is 5.91 Å². The van der Waals surface area contributed by atoms with Gasteiger partial charge >= 0.3 is 0 Å². The lowest BCUT2D eigenvalue weighted by Gasteiger charge is -2.27. The zero-order valence-electron chi connectivity index (χ0n) is 11.6. The van der Waals surface area contributed by atoms with Gasteiger partial charge in [0.1, 0.15) is 5.75 Å². The van der Waals surface area contributed by atoms with Crippen LogP contribution in [0.5, 0.6) is 5.75 Å². The van der Waals surface area contributed by atoms with Crippen molar-refractivity contribution in [1.82, 2.24) is 5.32 Å². The fourth-order valence-corrected chi connectivity index (χ4v) is 2.71. The number of nitrogen functional groups attached to an aromatic ring is 1. The topological polar surface area (TPSA) is 64.3 Å². The first-order valence-corrected chi connectivity index (χ1v) is 6.84. The standard InChI is InChI=1S/C15H22N2O2/c1-10-4-3-5-12(8-10)17-15(18)11-6-7-14(19-2)13(16)9-11/h6-7,9-10,12H,3-5,8,16H2,1-2H3,(H,17,18)/t10-,12-/m0/s1. The molecule has 1 aliphatic carbocycles. The third-order valence-electron chi connectivity index (χ3n) is 3.76. The molecule has 1 amide bonds. The SMILES string of the molecule is COc1ccc(C(=O)N[C@H]2CCC[C@H](C)C2)cc1N. The van der Waals surface area contributed by atoms with E-state index in [1.54, 1.807) is 25.3 Å². The highest BCUT2D eigenvalue weighted by molar-refractivity contribution is 5.95. The Labute approximate surface area is 114 Å². The van der Waals surface area contributed by atoms with Crippen LogP contribution in [-0.4, -0.2) is 19.1 Å². The maximum Gasteiger partial charge on any atom is 0.251 e. The Kier molecular flexibility index (Phi) is 4.30. The third kappa shape index (κ3) is 3.40. The quantitative estimate of drug-likeness (QED) is 0.823. The summed E-state index contributed by atoms with van der Waals surface area (Å²) in [5.74, 6) is 1.25. The zero-order valence-corrected chi connectivity index (χ0v) is 11.6. The Balaban J connectivity index is 2.01. The van der Waals surface area contributed by atoms with Crippen molar-refractivity contribution in [2.75, 3.05) is 12.8 Å². The van der Waals surface area contributed by atoms with Gasteiger partial charge in [-0.25, -0.2) is 0 Å². The van der Waals surface area contributed by atoms with Crippen molar-refractivity contribution in [3.05, 3.63) is 23.8 Å². The molecule has 2 atom stereocenters. The van der Waals surface area contributed by atoms with Gasteiger partial charge in [0, 0.05) is 11.6 Å². The molecule has 4 heteroatoms.